The molecule has 0 aliphatic heterocycles. The first-order valence-electron chi connectivity index (χ1n) is 10.9. The van der Waals surface area contributed by atoms with E-state index in [1.807, 2.05) is 13.0 Å². The molecule has 8 nitrogen and oxygen atoms in total. The van der Waals surface area contributed by atoms with E-state index in [4.69, 9.17) is 5.26 Å². The second-order valence-corrected chi connectivity index (χ2v) is 13.1. The van der Waals surface area contributed by atoms with Crippen molar-refractivity contribution in [1.29, 1.82) is 5.26 Å². The van der Waals surface area contributed by atoms with E-state index < -0.39 is 37.2 Å². The highest BCUT2D eigenvalue weighted by Crippen LogP contribution is 2.45. The van der Waals surface area contributed by atoms with Gasteiger partial charge in [-0.1, -0.05) is 13.0 Å². The zero-order valence-corrected chi connectivity index (χ0v) is 21.3. The van der Waals surface area contributed by atoms with Gasteiger partial charge in [0.1, 0.15) is 12.7 Å². The maximum absolute atomic E-state index is 13.4. The maximum atomic E-state index is 13.4. The Morgan fingerprint density at radius 2 is 1.88 bits per heavy atom. The van der Waals surface area contributed by atoms with E-state index in [1.54, 1.807) is 6.08 Å². The summed E-state index contributed by atoms with van der Waals surface area (Å²) in [6.07, 6.45) is 2.69. The minimum atomic E-state index is -3.70. The standard InChI is InChI=1S/C23H32FN3O5S2/c1-5-23(3)18(16-34(31,32)20-9-7-19(8-10-20)33(4,29)30)6-11-21(23)26-14-22(28)27(13-12-25)15-17(2)24/h5,7-10,17-18,21,26H,1,6,11,13-16H2,2-4H3. The molecule has 4 atom stereocenters. The van der Waals surface area contributed by atoms with Crippen LogP contribution in [0.15, 0.2) is 46.7 Å². The summed E-state index contributed by atoms with van der Waals surface area (Å²) in [7, 11) is -7.13. The van der Waals surface area contributed by atoms with Crippen molar-refractivity contribution in [2.45, 2.75) is 48.7 Å². The SMILES string of the molecule is C=CC1(C)C(CS(=O)(=O)c2ccc(S(C)(=O)=O)cc2)CCC1NCC(=O)N(CC#N)CC(C)F. The molecule has 188 valence electrons. The van der Waals surface area contributed by atoms with Crippen LogP contribution in [0.1, 0.15) is 26.7 Å². The fraction of sp³-hybridized carbons (Fsp3) is 0.565. The van der Waals surface area contributed by atoms with Gasteiger partial charge in [-0.2, -0.15) is 5.26 Å². The smallest absolute Gasteiger partial charge is 0.237 e. The van der Waals surface area contributed by atoms with Gasteiger partial charge in [0, 0.05) is 17.7 Å². The zero-order valence-electron chi connectivity index (χ0n) is 19.7. The highest BCUT2D eigenvalue weighted by Gasteiger charge is 2.46. The predicted octanol–water partition coefficient (Wildman–Crippen LogP) is 2.13. The first-order valence-corrected chi connectivity index (χ1v) is 14.5. The fourth-order valence-corrected chi connectivity index (χ4v) is 6.82. The number of hydrogen-bond donors (Lipinski definition) is 1. The number of rotatable bonds is 11. The highest BCUT2D eigenvalue weighted by molar-refractivity contribution is 7.91. The molecule has 0 radical (unpaired) electrons. The Bertz CT molecular complexity index is 1140. The normalized spacial score (nSPS) is 23.7. The average molecular weight is 514 g/mol. The lowest BCUT2D eigenvalue weighted by Crippen LogP contribution is -2.48. The van der Waals surface area contributed by atoms with E-state index in [0.717, 1.165) is 11.2 Å². The molecule has 1 aliphatic rings. The van der Waals surface area contributed by atoms with Gasteiger partial charge in [0.25, 0.3) is 0 Å². The van der Waals surface area contributed by atoms with Crippen LogP contribution in [0.3, 0.4) is 0 Å². The van der Waals surface area contributed by atoms with Crippen LogP contribution >= 0.6 is 0 Å². The quantitative estimate of drug-likeness (QED) is 0.355. The molecule has 0 spiro atoms. The van der Waals surface area contributed by atoms with Gasteiger partial charge in [-0.15, -0.1) is 6.58 Å². The number of alkyl halides is 1. The van der Waals surface area contributed by atoms with E-state index >= 15 is 0 Å². The molecule has 1 amide bonds. The van der Waals surface area contributed by atoms with Gasteiger partial charge < -0.3 is 10.2 Å². The molecular formula is C23H32FN3O5S2. The summed E-state index contributed by atoms with van der Waals surface area (Å²) in [5, 5.41) is 12.1. The fourth-order valence-electron chi connectivity index (χ4n) is 4.39. The molecule has 1 aliphatic carbocycles. The van der Waals surface area contributed by atoms with Crippen LogP contribution in [0.4, 0.5) is 4.39 Å². The Labute approximate surface area is 201 Å². The maximum Gasteiger partial charge on any atom is 0.237 e. The minimum Gasteiger partial charge on any atom is -0.325 e. The molecule has 0 heterocycles. The van der Waals surface area contributed by atoms with Crippen molar-refractivity contribution in [1.82, 2.24) is 10.2 Å². The third kappa shape index (κ3) is 6.64. The number of carbonyl (C=O) groups excluding carboxylic acids is 1. The lowest BCUT2D eigenvalue weighted by atomic mass is 9.78. The Hall–Kier alpha value is -2.29. The molecule has 0 aromatic heterocycles. The average Bonchev–Trinajstić information content (AvgIpc) is 3.06. The van der Waals surface area contributed by atoms with E-state index in [0.29, 0.717) is 12.8 Å². The summed E-state index contributed by atoms with van der Waals surface area (Å²) >= 11 is 0. The summed E-state index contributed by atoms with van der Waals surface area (Å²) in [6, 6.07) is 6.80. The van der Waals surface area contributed by atoms with Gasteiger partial charge in [-0.05, 0) is 49.9 Å². The Kier molecular flexibility index (Phi) is 9.02. The highest BCUT2D eigenvalue weighted by atomic mass is 32.2. The molecule has 4 unspecified atom stereocenters. The lowest BCUT2D eigenvalue weighted by molar-refractivity contribution is -0.130. The van der Waals surface area contributed by atoms with Crippen molar-refractivity contribution in [3.63, 3.8) is 0 Å². The van der Waals surface area contributed by atoms with Gasteiger partial charge in [-0.25, -0.2) is 21.2 Å². The number of sulfone groups is 2. The molecule has 34 heavy (non-hydrogen) atoms. The molecule has 1 saturated carbocycles. The van der Waals surface area contributed by atoms with Crippen LogP contribution in [0, 0.1) is 22.7 Å². The van der Waals surface area contributed by atoms with E-state index in [1.165, 1.54) is 31.2 Å². The number of nitrogens with one attached hydrogen (secondary N) is 1. The topological polar surface area (TPSA) is 124 Å². The number of nitrogens with zero attached hydrogens (tertiary/aromatic N) is 2. The van der Waals surface area contributed by atoms with Gasteiger partial charge in [0.15, 0.2) is 19.7 Å². The molecule has 1 fully saturated rings. The Morgan fingerprint density at radius 1 is 1.29 bits per heavy atom. The number of nitriles is 1. The van der Waals surface area contributed by atoms with E-state index in [9.17, 15) is 26.0 Å². The van der Waals surface area contributed by atoms with E-state index in [2.05, 4.69) is 11.9 Å². The number of benzene rings is 1. The first kappa shape index (κ1) is 28.0. The van der Waals surface area contributed by atoms with Crippen LogP contribution in [0.2, 0.25) is 0 Å². The van der Waals surface area contributed by atoms with Crippen LogP contribution in [0.25, 0.3) is 0 Å². The Balaban J connectivity index is 2.12. The van der Waals surface area contributed by atoms with Crippen LogP contribution in [0.5, 0.6) is 0 Å². The van der Waals surface area contributed by atoms with Gasteiger partial charge in [0.05, 0.1) is 34.7 Å². The Morgan fingerprint density at radius 3 is 2.38 bits per heavy atom. The molecule has 0 saturated heterocycles. The van der Waals surface area contributed by atoms with Gasteiger partial charge in [0.2, 0.25) is 5.91 Å². The summed E-state index contributed by atoms with van der Waals surface area (Å²) in [5.74, 6) is -0.836. The second kappa shape index (κ2) is 11.0. The molecule has 1 N–H and O–H groups in total. The monoisotopic (exact) mass is 513 g/mol. The van der Waals surface area contributed by atoms with Crippen molar-refractivity contribution in [2.24, 2.45) is 11.3 Å². The molecular weight excluding hydrogens is 481 g/mol. The van der Waals surface area contributed by atoms with Crippen LogP contribution in [-0.2, 0) is 24.5 Å². The van der Waals surface area contributed by atoms with E-state index in [-0.39, 0.29) is 47.1 Å². The number of hydrogen-bond acceptors (Lipinski definition) is 7. The molecule has 11 heteroatoms. The number of halogens is 1. The number of carbonyl (C=O) groups is 1. The van der Waals surface area contributed by atoms with Crippen molar-refractivity contribution in [2.75, 3.05) is 31.6 Å². The van der Waals surface area contributed by atoms with Crippen molar-refractivity contribution >= 4 is 25.6 Å². The summed E-state index contributed by atoms with van der Waals surface area (Å²) in [5.41, 5.74) is -0.631. The number of amides is 1. The minimum absolute atomic E-state index is 0.0461. The zero-order chi connectivity index (χ0) is 25.7. The van der Waals surface area contributed by atoms with Crippen LogP contribution in [-0.4, -0.2) is 71.5 Å². The molecule has 1 aromatic rings. The van der Waals surface area contributed by atoms with Gasteiger partial charge in [-0.3, -0.25) is 4.79 Å². The molecule has 2 rings (SSSR count). The first-order chi connectivity index (χ1) is 15.7. The van der Waals surface area contributed by atoms with Crippen molar-refractivity contribution in [3.8, 4) is 6.07 Å². The largest absolute Gasteiger partial charge is 0.325 e. The van der Waals surface area contributed by atoms with Crippen molar-refractivity contribution in [3.05, 3.63) is 36.9 Å². The third-order valence-electron chi connectivity index (χ3n) is 6.49. The summed E-state index contributed by atoms with van der Waals surface area (Å²) in [4.78, 5) is 13.7. The predicted molar refractivity (Wildman–Crippen MR) is 127 cm³/mol. The third-order valence-corrected chi connectivity index (χ3v) is 9.45. The second-order valence-electron chi connectivity index (χ2n) is 9.02. The van der Waals surface area contributed by atoms with Gasteiger partial charge >= 0.3 is 0 Å². The van der Waals surface area contributed by atoms with Crippen molar-refractivity contribution < 1.29 is 26.0 Å². The summed E-state index contributed by atoms with van der Waals surface area (Å²) in [6.45, 7) is 6.62. The van der Waals surface area contributed by atoms with Crippen LogP contribution < -0.4 is 5.32 Å². The molecule has 1 aromatic carbocycles. The lowest BCUT2D eigenvalue weighted by Gasteiger charge is -2.35. The molecule has 0 bridgehead atoms. The summed E-state index contributed by atoms with van der Waals surface area (Å²) < 4.78 is 62.8.